The number of carboxylic acid groups (broad SMARTS) is 1. The van der Waals surface area contributed by atoms with E-state index >= 15 is 0 Å². The van der Waals surface area contributed by atoms with Crippen molar-refractivity contribution in [2.75, 3.05) is 13.1 Å². The Kier molecular flexibility index (Phi) is 8.46. The second kappa shape index (κ2) is 11.0. The summed E-state index contributed by atoms with van der Waals surface area (Å²) >= 11 is 6.15. The van der Waals surface area contributed by atoms with E-state index in [9.17, 15) is 23.1 Å². The highest BCUT2D eigenvalue weighted by atomic mass is 35.5. The number of nitrogens with zero attached hydrogens (tertiary/aromatic N) is 1. The number of primary sulfonamides is 1. The van der Waals surface area contributed by atoms with E-state index in [2.05, 4.69) is 0 Å². The molecule has 2 aromatic rings. The lowest BCUT2D eigenvalue weighted by Gasteiger charge is -2.33. The van der Waals surface area contributed by atoms with Crippen LogP contribution in [0.5, 0.6) is 5.75 Å². The molecule has 0 aromatic heterocycles. The standard InChI is InChI=1S/C25H31ClN2O6S/c1-25(2)12-10-18-15-19(16-22(23(18)34-25)35(27,32)33)21(29)9-5-6-13-28(24(30)31)14-11-17-7-3-4-8-20(17)26/h3-4,7-8,15-16H,5-6,9-14H2,1-2H3,(H,30,31)(H2,27,32,33). The Morgan fingerprint density at radius 3 is 2.54 bits per heavy atom. The van der Waals surface area contributed by atoms with Crippen LogP contribution in [0.1, 0.15) is 61.0 Å². The highest BCUT2D eigenvalue weighted by molar-refractivity contribution is 7.89. The Balaban J connectivity index is 1.61. The summed E-state index contributed by atoms with van der Waals surface area (Å²) in [5.41, 5.74) is 1.27. The van der Waals surface area contributed by atoms with E-state index in [1.807, 2.05) is 32.0 Å². The van der Waals surface area contributed by atoms with Crippen molar-refractivity contribution in [2.45, 2.75) is 62.9 Å². The zero-order valence-electron chi connectivity index (χ0n) is 19.9. The molecule has 3 N–H and O–H groups in total. The van der Waals surface area contributed by atoms with Crippen molar-refractivity contribution >= 4 is 33.5 Å². The number of benzene rings is 2. The number of amides is 1. The fourth-order valence-electron chi connectivity index (χ4n) is 4.09. The number of ether oxygens (including phenoxy) is 1. The van der Waals surface area contributed by atoms with E-state index in [1.165, 1.54) is 11.0 Å². The second-order valence-electron chi connectivity index (χ2n) is 9.36. The molecular weight excluding hydrogens is 492 g/mol. The summed E-state index contributed by atoms with van der Waals surface area (Å²) in [6, 6.07) is 10.3. The number of ketones is 1. The topological polar surface area (TPSA) is 127 Å². The van der Waals surface area contributed by atoms with Crippen LogP contribution in [0.2, 0.25) is 5.02 Å². The maximum absolute atomic E-state index is 12.8. The Hall–Kier alpha value is -2.62. The lowest BCUT2D eigenvalue weighted by atomic mass is 9.92. The molecule has 0 radical (unpaired) electrons. The summed E-state index contributed by atoms with van der Waals surface area (Å²) in [5.74, 6) is -0.00334. The van der Waals surface area contributed by atoms with Crippen molar-refractivity contribution in [1.29, 1.82) is 0 Å². The highest BCUT2D eigenvalue weighted by Crippen LogP contribution is 2.38. The number of aryl methyl sites for hydroxylation is 1. The molecule has 8 nitrogen and oxygen atoms in total. The van der Waals surface area contributed by atoms with Gasteiger partial charge in [0, 0.05) is 30.1 Å². The molecule has 0 bridgehead atoms. The first-order valence-corrected chi connectivity index (χ1v) is 13.4. The van der Waals surface area contributed by atoms with Gasteiger partial charge in [-0.1, -0.05) is 29.8 Å². The molecule has 3 rings (SSSR count). The molecular formula is C25H31ClN2O6S. The van der Waals surface area contributed by atoms with Crippen molar-refractivity contribution in [3.63, 3.8) is 0 Å². The molecule has 0 atom stereocenters. The number of carbonyl (C=O) groups is 2. The molecule has 1 heterocycles. The summed E-state index contributed by atoms with van der Waals surface area (Å²) in [4.78, 5) is 25.6. The van der Waals surface area contributed by atoms with Gasteiger partial charge in [-0.05, 0) is 75.3 Å². The molecule has 10 heteroatoms. The van der Waals surface area contributed by atoms with E-state index in [0.717, 1.165) is 5.56 Å². The van der Waals surface area contributed by atoms with Crippen molar-refractivity contribution in [2.24, 2.45) is 5.14 Å². The first-order valence-electron chi connectivity index (χ1n) is 11.5. The Morgan fingerprint density at radius 2 is 1.89 bits per heavy atom. The molecule has 0 fully saturated rings. The molecule has 1 amide bonds. The molecule has 0 aliphatic carbocycles. The molecule has 0 saturated carbocycles. The van der Waals surface area contributed by atoms with Crippen molar-refractivity contribution in [3.05, 3.63) is 58.1 Å². The molecule has 1 aliphatic rings. The number of rotatable bonds is 10. The normalized spacial score (nSPS) is 14.6. The minimum Gasteiger partial charge on any atom is -0.486 e. The first-order chi connectivity index (χ1) is 16.4. The Bertz CT molecular complexity index is 1210. The average Bonchev–Trinajstić information content (AvgIpc) is 2.77. The van der Waals surface area contributed by atoms with Crippen LogP contribution in [0, 0.1) is 0 Å². The van der Waals surface area contributed by atoms with E-state index in [-0.39, 0.29) is 35.0 Å². The van der Waals surface area contributed by atoms with Gasteiger partial charge in [-0.3, -0.25) is 4.79 Å². The van der Waals surface area contributed by atoms with Crippen molar-refractivity contribution in [1.82, 2.24) is 4.90 Å². The second-order valence-corrected chi connectivity index (χ2v) is 11.3. The number of nitrogens with two attached hydrogens (primary N) is 1. The van der Waals surface area contributed by atoms with E-state index < -0.39 is 21.7 Å². The molecule has 1 aliphatic heterocycles. The Labute approximate surface area is 211 Å². The Morgan fingerprint density at radius 1 is 1.17 bits per heavy atom. The molecule has 190 valence electrons. The van der Waals surface area contributed by atoms with Gasteiger partial charge in [0.05, 0.1) is 0 Å². The fraction of sp³-hybridized carbons (Fsp3) is 0.440. The number of Topliss-reactive ketones (excluding diaryl/α,β-unsaturated/α-hetero) is 1. The zero-order valence-corrected chi connectivity index (χ0v) is 21.5. The van der Waals surface area contributed by atoms with Gasteiger partial charge in [0.1, 0.15) is 16.2 Å². The lowest BCUT2D eigenvalue weighted by molar-refractivity contribution is 0.0804. The maximum atomic E-state index is 12.8. The van der Waals surface area contributed by atoms with Gasteiger partial charge in [-0.2, -0.15) is 0 Å². The zero-order chi connectivity index (χ0) is 25.8. The SMILES string of the molecule is CC1(C)CCc2cc(C(=O)CCCCN(CCc3ccccc3Cl)C(=O)O)cc(S(N)(=O)=O)c2O1. The summed E-state index contributed by atoms with van der Waals surface area (Å²) < 4.78 is 30.3. The van der Waals surface area contributed by atoms with Crippen LogP contribution in [0.15, 0.2) is 41.3 Å². The molecule has 0 saturated heterocycles. The van der Waals surface area contributed by atoms with E-state index in [1.54, 1.807) is 12.1 Å². The molecule has 0 unspecified atom stereocenters. The van der Waals surface area contributed by atoms with Crippen LogP contribution in [0.25, 0.3) is 0 Å². The summed E-state index contributed by atoms with van der Waals surface area (Å²) in [5, 5.41) is 15.5. The number of hydrogen-bond donors (Lipinski definition) is 2. The van der Waals surface area contributed by atoms with Crippen LogP contribution < -0.4 is 9.88 Å². The summed E-state index contributed by atoms with van der Waals surface area (Å²) in [7, 11) is -4.09. The van der Waals surface area contributed by atoms with Crippen LogP contribution in [0.4, 0.5) is 4.79 Å². The van der Waals surface area contributed by atoms with Gasteiger partial charge in [0.2, 0.25) is 10.0 Å². The van der Waals surface area contributed by atoms with E-state index in [4.69, 9.17) is 21.5 Å². The third-order valence-electron chi connectivity index (χ3n) is 6.10. The quantitative estimate of drug-likeness (QED) is 0.345. The first kappa shape index (κ1) is 27.0. The van der Waals surface area contributed by atoms with Crippen LogP contribution in [-0.4, -0.2) is 49.0 Å². The van der Waals surface area contributed by atoms with Crippen molar-refractivity contribution < 1.29 is 27.9 Å². The van der Waals surface area contributed by atoms with Gasteiger partial charge in [0.25, 0.3) is 0 Å². The molecule has 35 heavy (non-hydrogen) atoms. The number of sulfonamides is 1. The maximum Gasteiger partial charge on any atom is 0.407 e. The van der Waals surface area contributed by atoms with Crippen molar-refractivity contribution in [3.8, 4) is 5.75 Å². The van der Waals surface area contributed by atoms with Gasteiger partial charge in [0.15, 0.2) is 5.78 Å². The third-order valence-corrected chi connectivity index (χ3v) is 7.38. The number of fused-ring (bicyclic) bond motifs is 1. The number of hydrogen-bond acceptors (Lipinski definition) is 5. The minimum absolute atomic E-state index is 0.160. The van der Waals surface area contributed by atoms with Gasteiger partial charge >= 0.3 is 6.09 Å². The number of halogens is 1. The minimum atomic E-state index is -4.09. The van der Waals surface area contributed by atoms with Gasteiger partial charge < -0.3 is 14.7 Å². The van der Waals surface area contributed by atoms with E-state index in [0.29, 0.717) is 49.2 Å². The molecule has 0 spiro atoms. The predicted molar refractivity (Wildman–Crippen MR) is 134 cm³/mol. The number of carbonyl (C=O) groups excluding carboxylic acids is 1. The summed E-state index contributed by atoms with van der Waals surface area (Å²) in [6.45, 7) is 4.32. The monoisotopic (exact) mass is 522 g/mol. The smallest absolute Gasteiger partial charge is 0.407 e. The highest BCUT2D eigenvalue weighted by Gasteiger charge is 2.32. The van der Waals surface area contributed by atoms with Crippen LogP contribution >= 0.6 is 11.6 Å². The van der Waals surface area contributed by atoms with Gasteiger partial charge in [-0.15, -0.1) is 0 Å². The lowest BCUT2D eigenvalue weighted by Crippen LogP contribution is -2.34. The number of unbranched alkanes of at least 4 members (excludes halogenated alkanes) is 1. The third kappa shape index (κ3) is 7.19. The fourth-order valence-corrected chi connectivity index (χ4v) is 5.04. The largest absolute Gasteiger partial charge is 0.486 e. The predicted octanol–water partition coefficient (Wildman–Crippen LogP) is 4.67. The average molecular weight is 523 g/mol. The molecule has 2 aromatic carbocycles. The van der Waals surface area contributed by atoms with Crippen LogP contribution in [-0.2, 0) is 22.9 Å². The summed E-state index contributed by atoms with van der Waals surface area (Å²) in [6.07, 6.45) is 1.83. The van der Waals surface area contributed by atoms with Gasteiger partial charge in [-0.25, -0.2) is 18.4 Å². The van der Waals surface area contributed by atoms with Crippen LogP contribution in [0.3, 0.4) is 0 Å².